The van der Waals surface area contributed by atoms with Crippen LogP contribution in [0.2, 0.25) is 0 Å². The SMILES string of the molecule is C=C(C)c1cncc(C(C)(C)F)c1. The molecule has 70 valence electrons. The van der Waals surface area contributed by atoms with Gasteiger partial charge in [0.25, 0.3) is 0 Å². The van der Waals surface area contributed by atoms with E-state index in [1.165, 1.54) is 13.8 Å². The van der Waals surface area contributed by atoms with Gasteiger partial charge < -0.3 is 0 Å². The van der Waals surface area contributed by atoms with Crippen molar-refractivity contribution in [1.82, 2.24) is 4.98 Å². The molecule has 1 heterocycles. The van der Waals surface area contributed by atoms with E-state index in [0.29, 0.717) is 5.56 Å². The molecular weight excluding hydrogens is 165 g/mol. The largest absolute Gasteiger partial charge is 0.264 e. The summed E-state index contributed by atoms with van der Waals surface area (Å²) in [6.07, 6.45) is 3.24. The predicted molar refractivity (Wildman–Crippen MR) is 53.1 cm³/mol. The van der Waals surface area contributed by atoms with Gasteiger partial charge in [-0.1, -0.05) is 6.58 Å². The van der Waals surface area contributed by atoms with E-state index in [-0.39, 0.29) is 0 Å². The number of hydrogen-bond donors (Lipinski definition) is 0. The second kappa shape index (κ2) is 3.29. The minimum atomic E-state index is -1.33. The van der Waals surface area contributed by atoms with Gasteiger partial charge in [0.15, 0.2) is 0 Å². The van der Waals surface area contributed by atoms with Gasteiger partial charge in [-0.05, 0) is 38.0 Å². The van der Waals surface area contributed by atoms with Crippen molar-refractivity contribution in [1.29, 1.82) is 0 Å². The van der Waals surface area contributed by atoms with Gasteiger partial charge in [0.1, 0.15) is 5.67 Å². The summed E-state index contributed by atoms with van der Waals surface area (Å²) in [5, 5.41) is 0. The normalized spacial score (nSPS) is 11.4. The van der Waals surface area contributed by atoms with Crippen LogP contribution < -0.4 is 0 Å². The van der Waals surface area contributed by atoms with Gasteiger partial charge >= 0.3 is 0 Å². The highest BCUT2D eigenvalue weighted by molar-refractivity contribution is 5.61. The lowest BCUT2D eigenvalue weighted by Gasteiger charge is -2.14. The van der Waals surface area contributed by atoms with Crippen LogP contribution in [0.1, 0.15) is 31.9 Å². The fourth-order valence-corrected chi connectivity index (χ4v) is 0.998. The third-order valence-corrected chi connectivity index (χ3v) is 1.92. The molecule has 0 fully saturated rings. The lowest BCUT2D eigenvalue weighted by Crippen LogP contribution is -2.09. The Bertz CT molecular complexity index is 323. The van der Waals surface area contributed by atoms with Crippen molar-refractivity contribution in [3.05, 3.63) is 36.2 Å². The van der Waals surface area contributed by atoms with Gasteiger partial charge in [0.2, 0.25) is 0 Å². The van der Waals surface area contributed by atoms with Crippen LogP contribution >= 0.6 is 0 Å². The molecule has 0 aliphatic carbocycles. The summed E-state index contributed by atoms with van der Waals surface area (Å²) in [4.78, 5) is 3.97. The zero-order valence-corrected chi connectivity index (χ0v) is 8.26. The van der Waals surface area contributed by atoms with Crippen molar-refractivity contribution in [3.63, 3.8) is 0 Å². The van der Waals surface area contributed by atoms with E-state index in [1.54, 1.807) is 18.5 Å². The fourth-order valence-electron chi connectivity index (χ4n) is 0.998. The van der Waals surface area contributed by atoms with E-state index in [0.717, 1.165) is 11.1 Å². The number of alkyl halides is 1. The molecule has 0 atom stereocenters. The molecule has 0 saturated heterocycles. The number of allylic oxidation sites excluding steroid dienone is 1. The van der Waals surface area contributed by atoms with E-state index < -0.39 is 5.67 Å². The molecule has 0 unspecified atom stereocenters. The average Bonchev–Trinajstić information content (AvgIpc) is 2.03. The molecule has 0 bridgehead atoms. The molecule has 0 aromatic carbocycles. The van der Waals surface area contributed by atoms with Crippen LogP contribution in [0.4, 0.5) is 4.39 Å². The molecule has 0 N–H and O–H groups in total. The first-order valence-corrected chi connectivity index (χ1v) is 4.21. The van der Waals surface area contributed by atoms with Crippen molar-refractivity contribution in [3.8, 4) is 0 Å². The molecule has 0 saturated carbocycles. The molecule has 13 heavy (non-hydrogen) atoms. The predicted octanol–water partition coefficient (Wildman–Crippen LogP) is 3.32. The van der Waals surface area contributed by atoms with Gasteiger partial charge in [0, 0.05) is 18.0 Å². The Morgan fingerprint density at radius 1 is 1.46 bits per heavy atom. The molecule has 0 radical (unpaired) electrons. The maximum absolute atomic E-state index is 13.5. The maximum Gasteiger partial charge on any atom is 0.131 e. The summed E-state index contributed by atoms with van der Waals surface area (Å²) in [6, 6.07) is 1.79. The van der Waals surface area contributed by atoms with Crippen LogP contribution in [-0.2, 0) is 5.67 Å². The Hall–Kier alpha value is -1.18. The average molecular weight is 179 g/mol. The topological polar surface area (TPSA) is 12.9 Å². The minimum Gasteiger partial charge on any atom is -0.264 e. The molecule has 0 aliphatic heterocycles. The summed E-state index contributed by atoms with van der Waals surface area (Å²) in [5.74, 6) is 0. The zero-order chi connectivity index (χ0) is 10.1. The van der Waals surface area contributed by atoms with Gasteiger partial charge in [-0.2, -0.15) is 0 Å². The van der Waals surface area contributed by atoms with Crippen molar-refractivity contribution >= 4 is 5.57 Å². The van der Waals surface area contributed by atoms with Gasteiger partial charge in [0.05, 0.1) is 0 Å². The van der Waals surface area contributed by atoms with E-state index in [9.17, 15) is 4.39 Å². The lowest BCUT2D eigenvalue weighted by atomic mass is 9.99. The van der Waals surface area contributed by atoms with Gasteiger partial charge in [-0.25, -0.2) is 4.39 Å². The third-order valence-electron chi connectivity index (χ3n) is 1.92. The van der Waals surface area contributed by atoms with E-state index in [4.69, 9.17) is 0 Å². The Morgan fingerprint density at radius 3 is 2.54 bits per heavy atom. The van der Waals surface area contributed by atoms with E-state index >= 15 is 0 Å². The number of aromatic nitrogens is 1. The molecule has 2 heteroatoms. The molecular formula is C11H14FN. The number of nitrogens with zero attached hydrogens (tertiary/aromatic N) is 1. The van der Waals surface area contributed by atoms with Crippen LogP contribution in [0, 0.1) is 0 Å². The van der Waals surface area contributed by atoms with Crippen LogP contribution in [0.25, 0.3) is 5.57 Å². The van der Waals surface area contributed by atoms with Crippen molar-refractivity contribution in [2.45, 2.75) is 26.4 Å². The van der Waals surface area contributed by atoms with Crippen molar-refractivity contribution < 1.29 is 4.39 Å². The van der Waals surface area contributed by atoms with Crippen LogP contribution in [0.5, 0.6) is 0 Å². The number of halogens is 1. The van der Waals surface area contributed by atoms with Crippen LogP contribution in [0.3, 0.4) is 0 Å². The molecule has 1 aromatic rings. The molecule has 1 nitrogen and oxygen atoms in total. The smallest absolute Gasteiger partial charge is 0.131 e. The van der Waals surface area contributed by atoms with Gasteiger partial charge in [-0.3, -0.25) is 4.98 Å². The van der Waals surface area contributed by atoms with E-state index in [1.807, 2.05) is 6.92 Å². The second-order valence-electron chi connectivity index (χ2n) is 3.72. The van der Waals surface area contributed by atoms with Crippen molar-refractivity contribution in [2.75, 3.05) is 0 Å². The highest BCUT2D eigenvalue weighted by Crippen LogP contribution is 2.25. The molecule has 1 rings (SSSR count). The first-order chi connectivity index (χ1) is 5.91. The molecule has 0 amide bonds. The highest BCUT2D eigenvalue weighted by Gasteiger charge is 2.19. The second-order valence-corrected chi connectivity index (χ2v) is 3.72. The third kappa shape index (κ3) is 2.38. The fraction of sp³-hybridized carbons (Fsp3) is 0.364. The Balaban J connectivity index is 3.13. The highest BCUT2D eigenvalue weighted by atomic mass is 19.1. The first kappa shape index (κ1) is 9.90. The van der Waals surface area contributed by atoms with Gasteiger partial charge in [-0.15, -0.1) is 0 Å². The Kier molecular flexibility index (Phi) is 2.50. The van der Waals surface area contributed by atoms with Crippen molar-refractivity contribution in [2.24, 2.45) is 0 Å². The summed E-state index contributed by atoms with van der Waals surface area (Å²) in [7, 11) is 0. The number of rotatable bonds is 2. The van der Waals surface area contributed by atoms with Crippen LogP contribution in [0.15, 0.2) is 25.0 Å². The number of hydrogen-bond acceptors (Lipinski definition) is 1. The van der Waals surface area contributed by atoms with E-state index in [2.05, 4.69) is 11.6 Å². The summed E-state index contributed by atoms with van der Waals surface area (Å²) >= 11 is 0. The zero-order valence-electron chi connectivity index (χ0n) is 8.26. The summed E-state index contributed by atoms with van der Waals surface area (Å²) < 4.78 is 13.5. The summed E-state index contributed by atoms with van der Waals surface area (Å²) in [6.45, 7) is 8.71. The van der Waals surface area contributed by atoms with Crippen LogP contribution in [-0.4, -0.2) is 4.98 Å². The monoisotopic (exact) mass is 179 g/mol. The first-order valence-electron chi connectivity index (χ1n) is 4.21. The Labute approximate surface area is 78.3 Å². The standard InChI is InChI=1S/C11H14FN/c1-8(2)9-5-10(7-13-6-9)11(3,4)12/h5-7H,1H2,2-4H3. The minimum absolute atomic E-state index is 0.591. The Morgan fingerprint density at radius 2 is 2.08 bits per heavy atom. The maximum atomic E-state index is 13.5. The number of pyridine rings is 1. The summed E-state index contributed by atoms with van der Waals surface area (Å²) in [5.41, 5.74) is 1.05. The quantitative estimate of drug-likeness (QED) is 0.678. The molecule has 0 aliphatic rings. The lowest BCUT2D eigenvalue weighted by molar-refractivity contribution is 0.221. The molecule has 0 spiro atoms. The molecule has 1 aromatic heterocycles.